The monoisotopic (exact) mass is 851 g/mol. The predicted molar refractivity (Wildman–Crippen MR) is 208 cm³/mol. The van der Waals surface area contributed by atoms with E-state index in [-0.39, 0.29) is 37.1 Å². The van der Waals surface area contributed by atoms with Crippen LogP contribution >= 0.6 is 0 Å². The van der Waals surface area contributed by atoms with Gasteiger partial charge in [0, 0.05) is 24.6 Å². The number of hydrogen-bond acceptors (Lipinski definition) is 11. The number of amides is 4. The zero-order chi connectivity index (χ0) is 43.3. The van der Waals surface area contributed by atoms with Gasteiger partial charge in [-0.3, -0.25) is 19.1 Å². The van der Waals surface area contributed by atoms with Crippen molar-refractivity contribution in [3.8, 4) is 11.6 Å². The van der Waals surface area contributed by atoms with Crippen molar-refractivity contribution >= 4 is 44.6 Å². The maximum Gasteiger partial charge on any atom is 0.408 e. The van der Waals surface area contributed by atoms with Crippen molar-refractivity contribution in [3.63, 3.8) is 0 Å². The summed E-state index contributed by atoms with van der Waals surface area (Å²) in [6, 6.07) is 0.955. The highest BCUT2D eigenvalue weighted by Crippen LogP contribution is 2.47. The number of aromatic nitrogens is 1. The molecule has 0 unspecified atom stereocenters. The number of carbonyl (C=O) groups is 4. The molecule has 15 nitrogen and oxygen atoms in total. The van der Waals surface area contributed by atoms with Crippen LogP contribution in [0.3, 0.4) is 0 Å². The molecule has 4 amide bonds. The lowest BCUT2D eigenvalue weighted by molar-refractivity contribution is -0.153. The van der Waals surface area contributed by atoms with E-state index < -0.39 is 97.8 Å². The van der Waals surface area contributed by atoms with E-state index in [1.807, 2.05) is 0 Å². The zero-order valence-electron chi connectivity index (χ0n) is 34.1. The summed E-state index contributed by atoms with van der Waals surface area (Å²) in [7, 11) is -2.68. The summed E-state index contributed by atoms with van der Waals surface area (Å²) in [5.74, 6) is -6.95. The van der Waals surface area contributed by atoms with E-state index in [2.05, 4.69) is 20.3 Å². The molecule has 59 heavy (non-hydrogen) atoms. The molecule has 0 bridgehead atoms. The van der Waals surface area contributed by atoms with Gasteiger partial charge in [-0.05, 0) is 84.4 Å². The average molecular weight is 852 g/mol. The van der Waals surface area contributed by atoms with Crippen molar-refractivity contribution < 1.29 is 59.7 Å². The van der Waals surface area contributed by atoms with Gasteiger partial charge in [-0.25, -0.2) is 31.4 Å². The predicted octanol–water partition coefficient (Wildman–Crippen LogP) is 4.67. The number of fused-ring (bicyclic) bond motifs is 3. The summed E-state index contributed by atoms with van der Waals surface area (Å²) in [6.07, 6.45) is 2.66. The zero-order valence-corrected chi connectivity index (χ0v) is 34.9. The van der Waals surface area contributed by atoms with Crippen LogP contribution in [0.2, 0.25) is 0 Å². The van der Waals surface area contributed by atoms with E-state index in [1.165, 1.54) is 38.4 Å². The van der Waals surface area contributed by atoms with Crippen molar-refractivity contribution in [1.29, 1.82) is 0 Å². The van der Waals surface area contributed by atoms with Gasteiger partial charge in [0.15, 0.2) is 5.60 Å². The Labute approximate surface area is 341 Å². The van der Waals surface area contributed by atoms with Crippen LogP contribution in [-0.4, -0.2) is 108 Å². The molecule has 3 heterocycles. The minimum Gasteiger partial charge on any atom is -0.494 e. The average Bonchev–Trinajstić information content (AvgIpc) is 4.03. The fourth-order valence-electron chi connectivity index (χ4n) is 7.36. The molecular weight excluding hydrogens is 800 g/mol. The van der Waals surface area contributed by atoms with Crippen LogP contribution in [0.25, 0.3) is 10.8 Å². The van der Waals surface area contributed by atoms with Gasteiger partial charge in [0.05, 0.1) is 42.2 Å². The Hall–Kier alpha value is -4.65. The SMILES string of the molecule is CC[C@@H]1O[C@H](C)CC/C=C\[C@@H]2C[C@@]2(C(=O)NS(=O)(=O)C2(C)CC2)NC(=O)[C@@H]2C[C@@H](Oc3ncc(OC)c4ccc(F)cc34)CN2C(=O)[C@H]1NC(=O)OC(C)(C)C(C)(F)F. The number of benzene rings is 1. The second-order valence-corrected chi connectivity index (χ2v) is 19.0. The summed E-state index contributed by atoms with van der Waals surface area (Å²) in [4.78, 5) is 62.2. The molecule has 2 saturated carbocycles. The lowest BCUT2D eigenvalue weighted by Gasteiger charge is -2.35. The Kier molecular flexibility index (Phi) is 12.0. The molecule has 2 aromatic rings. The summed E-state index contributed by atoms with van der Waals surface area (Å²) < 4.78 is 94.0. The Morgan fingerprint density at radius 1 is 1.15 bits per heavy atom. The molecule has 3 fully saturated rings. The molecule has 1 aromatic heterocycles. The number of rotatable bonds is 10. The number of carbonyl (C=O) groups excluding carboxylic acids is 4. The van der Waals surface area contributed by atoms with Crippen LogP contribution in [0.5, 0.6) is 11.6 Å². The molecule has 2 aliphatic heterocycles. The minimum atomic E-state index is -4.10. The second kappa shape index (κ2) is 16.1. The smallest absolute Gasteiger partial charge is 0.408 e. The van der Waals surface area contributed by atoms with E-state index in [9.17, 15) is 40.8 Å². The molecule has 0 radical (unpaired) electrons. The van der Waals surface area contributed by atoms with Crippen LogP contribution in [0, 0.1) is 11.7 Å². The minimum absolute atomic E-state index is 0.0347. The highest BCUT2D eigenvalue weighted by Gasteiger charge is 2.63. The highest BCUT2D eigenvalue weighted by molar-refractivity contribution is 7.91. The molecule has 4 aliphatic rings. The summed E-state index contributed by atoms with van der Waals surface area (Å²) in [5, 5.41) is 5.92. The van der Waals surface area contributed by atoms with Gasteiger partial charge < -0.3 is 34.5 Å². The van der Waals surface area contributed by atoms with Gasteiger partial charge in [0.2, 0.25) is 27.7 Å². The molecule has 6 rings (SSSR count). The number of methoxy groups -OCH3 is 1. The van der Waals surface area contributed by atoms with Gasteiger partial charge in [-0.1, -0.05) is 19.1 Å². The quantitative estimate of drug-likeness (QED) is 0.282. The number of alkyl carbamates (subject to hydrolysis) is 1. The third-order valence-corrected chi connectivity index (χ3v) is 14.1. The molecule has 19 heteroatoms. The Balaban J connectivity index is 1.38. The number of halogens is 3. The fourth-order valence-corrected chi connectivity index (χ4v) is 8.67. The van der Waals surface area contributed by atoms with Crippen molar-refractivity contribution in [2.75, 3.05) is 13.7 Å². The number of allylic oxidation sites excluding steroid dienone is 1. The lowest BCUT2D eigenvalue weighted by atomic mass is 10.0. The maximum atomic E-state index is 14.9. The third-order valence-electron chi connectivity index (χ3n) is 12.0. The van der Waals surface area contributed by atoms with Crippen LogP contribution < -0.4 is 24.8 Å². The van der Waals surface area contributed by atoms with Gasteiger partial charge in [0.1, 0.15) is 35.3 Å². The molecule has 0 spiro atoms. The number of alkyl halides is 2. The third kappa shape index (κ3) is 8.95. The molecule has 2 aliphatic carbocycles. The first-order chi connectivity index (χ1) is 27.5. The topological polar surface area (TPSA) is 192 Å². The van der Waals surface area contributed by atoms with Gasteiger partial charge >= 0.3 is 6.09 Å². The van der Waals surface area contributed by atoms with Crippen LogP contribution in [-0.2, 0) is 33.9 Å². The summed E-state index contributed by atoms with van der Waals surface area (Å²) in [6.45, 7) is 7.32. The van der Waals surface area contributed by atoms with Crippen LogP contribution in [0.4, 0.5) is 18.0 Å². The molecule has 324 valence electrons. The second-order valence-electron chi connectivity index (χ2n) is 16.8. The van der Waals surface area contributed by atoms with E-state index in [1.54, 1.807) is 26.0 Å². The number of hydrogen-bond donors (Lipinski definition) is 3. The van der Waals surface area contributed by atoms with Crippen LogP contribution in [0.15, 0.2) is 36.5 Å². The lowest BCUT2D eigenvalue weighted by Crippen LogP contribution is -2.61. The Morgan fingerprint density at radius 3 is 2.51 bits per heavy atom. The van der Waals surface area contributed by atoms with Gasteiger partial charge in [-0.15, -0.1) is 0 Å². The Morgan fingerprint density at radius 2 is 1.86 bits per heavy atom. The first-order valence-electron chi connectivity index (χ1n) is 19.7. The van der Waals surface area contributed by atoms with Crippen molar-refractivity contribution in [2.24, 2.45) is 5.92 Å². The molecular formula is C40H52F3N5O10S. The molecule has 7 atom stereocenters. The molecule has 1 aromatic carbocycles. The maximum absolute atomic E-state index is 14.9. The van der Waals surface area contributed by atoms with Crippen molar-refractivity contribution in [2.45, 2.75) is 139 Å². The first-order valence-corrected chi connectivity index (χ1v) is 21.2. The number of sulfonamides is 1. The van der Waals surface area contributed by atoms with Crippen molar-refractivity contribution in [1.82, 2.24) is 25.2 Å². The highest BCUT2D eigenvalue weighted by atomic mass is 32.2. The van der Waals surface area contributed by atoms with Gasteiger partial charge in [0.25, 0.3) is 11.8 Å². The first kappa shape index (κ1) is 43.9. The van der Waals surface area contributed by atoms with Gasteiger partial charge in [-0.2, -0.15) is 0 Å². The largest absolute Gasteiger partial charge is 0.494 e. The number of nitrogens with zero attached hydrogens (tertiary/aromatic N) is 2. The fraction of sp³-hybridized carbons (Fsp3) is 0.625. The van der Waals surface area contributed by atoms with E-state index >= 15 is 0 Å². The number of pyridine rings is 1. The summed E-state index contributed by atoms with van der Waals surface area (Å²) in [5.41, 5.74) is -3.97. The van der Waals surface area contributed by atoms with E-state index in [0.29, 0.717) is 43.7 Å². The molecule has 3 N–H and O–H groups in total. The van der Waals surface area contributed by atoms with E-state index in [0.717, 1.165) is 18.7 Å². The van der Waals surface area contributed by atoms with Crippen molar-refractivity contribution in [3.05, 3.63) is 42.4 Å². The summed E-state index contributed by atoms with van der Waals surface area (Å²) >= 11 is 0. The van der Waals surface area contributed by atoms with E-state index in [4.69, 9.17) is 18.9 Å². The number of ether oxygens (including phenoxy) is 4. The molecule has 1 saturated heterocycles. The Bertz CT molecular complexity index is 2130. The number of nitrogens with one attached hydrogen (secondary N) is 3. The standard InChI is InChI=1S/C40H52F3N5O10S/c1-8-29-31(45-36(52)58-37(3,4)39(6,42)43)34(50)48-21-25(57-33-27-17-24(41)13-14-26(27)30(55-7)20-44-33)18-28(48)32(49)46-40(19-23(40)12-10-9-11-22(2)56-29)35(51)47-59(53,54)38(5)15-16-38/h10,12-14,17,20,22-23,25,28-29,31H,8-9,11,15-16,18-19,21H2,1-7H3,(H,45,52)(H,46,49)(H,47,51)/b12-10-/t22-,23-,25-,28+,29+,31+,40-/m1/s1. The van der Waals surface area contributed by atoms with Crippen LogP contribution in [0.1, 0.15) is 86.5 Å². The normalized spacial score (nSPS) is 29.2.